The summed E-state index contributed by atoms with van der Waals surface area (Å²) in [6.45, 7) is 7.95. The molecule has 1 aliphatic heterocycles. The van der Waals surface area contributed by atoms with Crippen LogP contribution in [0.1, 0.15) is 13.8 Å². The number of thiazole rings is 1. The molecule has 0 spiro atoms. The quantitative estimate of drug-likeness (QED) is 0.706. The predicted molar refractivity (Wildman–Crippen MR) is 73.0 cm³/mol. The summed E-state index contributed by atoms with van der Waals surface area (Å²) in [7, 11) is 0.643. The minimum Gasteiger partial charge on any atom is -0.422 e. The van der Waals surface area contributed by atoms with Gasteiger partial charge in [0.15, 0.2) is 5.13 Å². The Morgan fingerprint density at radius 1 is 1.24 bits per heavy atom. The Kier molecular flexibility index (Phi) is 5.90. The van der Waals surface area contributed by atoms with Crippen LogP contribution in [0.3, 0.4) is 0 Å². The molecule has 2 N–H and O–H groups in total. The zero-order valence-electron chi connectivity index (χ0n) is 10.6. The van der Waals surface area contributed by atoms with Crippen molar-refractivity contribution in [1.29, 1.82) is 0 Å². The van der Waals surface area contributed by atoms with Gasteiger partial charge in [-0.05, 0) is 7.05 Å². The average molecular weight is 257 g/mol. The molecule has 0 aromatic carbocycles. The first-order valence-electron chi connectivity index (χ1n) is 5.92. The van der Waals surface area contributed by atoms with Gasteiger partial charge >= 0.3 is 7.12 Å². The third-order valence-electron chi connectivity index (χ3n) is 2.55. The molecule has 17 heavy (non-hydrogen) atoms. The lowest BCUT2D eigenvalue weighted by Crippen LogP contribution is -2.44. The summed E-state index contributed by atoms with van der Waals surface area (Å²) >= 11 is 1.46. The SMILES string of the molecule is CC.CN1CCN(c2nc(B(O)O)cs2)CC1. The summed E-state index contributed by atoms with van der Waals surface area (Å²) in [5.74, 6) is 0. The van der Waals surface area contributed by atoms with Crippen LogP contribution >= 0.6 is 11.3 Å². The Hall–Kier alpha value is -0.625. The fourth-order valence-electron chi connectivity index (χ4n) is 1.54. The molecule has 1 aromatic rings. The number of nitrogens with zero attached hydrogens (tertiary/aromatic N) is 3. The Morgan fingerprint density at radius 2 is 1.82 bits per heavy atom. The van der Waals surface area contributed by atoms with Crippen LogP contribution in [-0.2, 0) is 0 Å². The number of piperazine rings is 1. The van der Waals surface area contributed by atoms with Gasteiger partial charge in [-0.1, -0.05) is 13.8 Å². The van der Waals surface area contributed by atoms with E-state index in [1.54, 1.807) is 5.38 Å². The molecule has 0 atom stereocenters. The Balaban J connectivity index is 0.000000686. The van der Waals surface area contributed by atoms with Crippen LogP contribution in [0.15, 0.2) is 5.38 Å². The van der Waals surface area contributed by atoms with Crippen molar-refractivity contribution in [2.75, 3.05) is 38.1 Å². The van der Waals surface area contributed by atoms with Crippen molar-refractivity contribution >= 4 is 29.2 Å². The molecule has 1 saturated heterocycles. The van der Waals surface area contributed by atoms with Crippen molar-refractivity contribution in [3.63, 3.8) is 0 Å². The summed E-state index contributed by atoms with van der Waals surface area (Å²) in [6.07, 6.45) is 0. The molecule has 0 bridgehead atoms. The maximum Gasteiger partial charge on any atom is 0.509 e. The first-order chi connectivity index (χ1) is 8.16. The van der Waals surface area contributed by atoms with Crippen molar-refractivity contribution in [2.24, 2.45) is 0 Å². The predicted octanol–water partition coefficient (Wildman–Crippen LogP) is -0.399. The van der Waals surface area contributed by atoms with Crippen LogP contribution in [0.25, 0.3) is 0 Å². The van der Waals surface area contributed by atoms with Gasteiger partial charge < -0.3 is 19.8 Å². The van der Waals surface area contributed by atoms with Gasteiger partial charge in [0.2, 0.25) is 0 Å². The Labute approximate surface area is 107 Å². The maximum absolute atomic E-state index is 8.95. The fourth-order valence-corrected chi connectivity index (χ4v) is 2.43. The van der Waals surface area contributed by atoms with Crippen LogP contribution in [-0.4, -0.2) is 60.3 Å². The molecule has 0 radical (unpaired) electrons. The van der Waals surface area contributed by atoms with E-state index in [4.69, 9.17) is 10.0 Å². The third-order valence-corrected chi connectivity index (χ3v) is 3.47. The summed E-state index contributed by atoms with van der Waals surface area (Å²) in [5.41, 5.74) is 0.342. The zero-order chi connectivity index (χ0) is 12.8. The van der Waals surface area contributed by atoms with Crippen LogP contribution in [0, 0.1) is 0 Å². The topological polar surface area (TPSA) is 59.8 Å². The molecule has 0 aliphatic carbocycles. The van der Waals surface area contributed by atoms with Crippen LogP contribution in [0.4, 0.5) is 5.13 Å². The number of hydrogen-bond acceptors (Lipinski definition) is 6. The minimum atomic E-state index is -1.46. The summed E-state index contributed by atoms with van der Waals surface area (Å²) in [6, 6.07) is 0. The van der Waals surface area contributed by atoms with Gasteiger partial charge in [-0.3, -0.25) is 0 Å². The second kappa shape index (κ2) is 6.95. The molecular formula is C10H20BN3O2S. The Morgan fingerprint density at radius 3 is 2.29 bits per heavy atom. The van der Waals surface area contributed by atoms with E-state index < -0.39 is 7.12 Å². The monoisotopic (exact) mass is 257 g/mol. The first kappa shape index (κ1) is 14.4. The van der Waals surface area contributed by atoms with Gasteiger partial charge in [-0.2, -0.15) is 0 Å². The van der Waals surface area contributed by atoms with Crippen LogP contribution in [0.5, 0.6) is 0 Å². The van der Waals surface area contributed by atoms with Crippen molar-refractivity contribution in [1.82, 2.24) is 9.88 Å². The van der Waals surface area contributed by atoms with E-state index in [0.29, 0.717) is 5.59 Å². The van der Waals surface area contributed by atoms with E-state index in [0.717, 1.165) is 31.3 Å². The normalized spacial score (nSPS) is 16.4. The van der Waals surface area contributed by atoms with Crippen LogP contribution in [0.2, 0.25) is 0 Å². The molecule has 2 heterocycles. The Bertz CT molecular complexity index is 327. The highest BCUT2D eigenvalue weighted by Gasteiger charge is 2.20. The number of rotatable bonds is 2. The third kappa shape index (κ3) is 3.95. The largest absolute Gasteiger partial charge is 0.509 e. The number of anilines is 1. The highest BCUT2D eigenvalue weighted by Crippen LogP contribution is 2.17. The molecule has 0 amide bonds. The standard InChI is InChI=1S/C8H14BN3O2S.C2H6/c1-11-2-4-12(5-3-11)8-10-7(6-15-8)9(13)14;1-2/h6,13-14H,2-5H2,1H3;1-2H3. The number of aromatic nitrogens is 1. The fraction of sp³-hybridized carbons (Fsp3) is 0.700. The van der Waals surface area contributed by atoms with E-state index >= 15 is 0 Å². The molecule has 1 aromatic heterocycles. The minimum absolute atomic E-state index is 0.342. The highest BCUT2D eigenvalue weighted by molar-refractivity contribution is 7.14. The number of hydrogen-bond donors (Lipinski definition) is 2. The summed E-state index contributed by atoms with van der Waals surface area (Å²) in [5, 5.41) is 20.5. The van der Waals surface area contributed by atoms with E-state index in [-0.39, 0.29) is 0 Å². The second-order valence-corrected chi connectivity index (χ2v) is 4.56. The molecular weight excluding hydrogens is 237 g/mol. The molecule has 96 valence electrons. The molecule has 0 unspecified atom stereocenters. The first-order valence-corrected chi connectivity index (χ1v) is 6.80. The second-order valence-electron chi connectivity index (χ2n) is 3.72. The van der Waals surface area contributed by atoms with Gasteiger partial charge in [-0.25, -0.2) is 4.98 Å². The lowest BCUT2D eigenvalue weighted by Gasteiger charge is -2.32. The van der Waals surface area contributed by atoms with Gasteiger partial charge in [0.25, 0.3) is 0 Å². The molecule has 5 nitrogen and oxygen atoms in total. The van der Waals surface area contributed by atoms with E-state index in [1.165, 1.54) is 11.3 Å². The average Bonchev–Trinajstić information content (AvgIpc) is 2.82. The van der Waals surface area contributed by atoms with E-state index in [1.807, 2.05) is 13.8 Å². The molecule has 7 heteroatoms. The van der Waals surface area contributed by atoms with Gasteiger partial charge in [0.05, 0.1) is 5.59 Å². The van der Waals surface area contributed by atoms with Crippen molar-refractivity contribution in [3.05, 3.63) is 5.38 Å². The molecule has 1 fully saturated rings. The van der Waals surface area contributed by atoms with Gasteiger partial charge in [0, 0.05) is 31.6 Å². The molecule has 0 saturated carbocycles. The smallest absolute Gasteiger partial charge is 0.422 e. The highest BCUT2D eigenvalue weighted by atomic mass is 32.1. The van der Waals surface area contributed by atoms with E-state index in [9.17, 15) is 0 Å². The zero-order valence-corrected chi connectivity index (χ0v) is 11.4. The number of likely N-dealkylation sites (N-methyl/N-ethyl adjacent to an activating group) is 1. The van der Waals surface area contributed by atoms with Crippen molar-refractivity contribution in [2.45, 2.75) is 13.8 Å². The van der Waals surface area contributed by atoms with Gasteiger partial charge in [0.1, 0.15) is 0 Å². The van der Waals surface area contributed by atoms with Gasteiger partial charge in [-0.15, -0.1) is 11.3 Å². The van der Waals surface area contributed by atoms with Crippen molar-refractivity contribution in [3.8, 4) is 0 Å². The maximum atomic E-state index is 8.95. The van der Waals surface area contributed by atoms with E-state index in [2.05, 4.69) is 21.8 Å². The van der Waals surface area contributed by atoms with Crippen molar-refractivity contribution < 1.29 is 10.0 Å². The lowest BCUT2D eigenvalue weighted by molar-refractivity contribution is 0.313. The molecule has 2 rings (SSSR count). The van der Waals surface area contributed by atoms with Crippen LogP contribution < -0.4 is 10.5 Å². The molecule has 1 aliphatic rings. The lowest BCUT2D eigenvalue weighted by atomic mass is 9.88. The summed E-state index contributed by atoms with van der Waals surface area (Å²) in [4.78, 5) is 8.63. The summed E-state index contributed by atoms with van der Waals surface area (Å²) < 4.78 is 0.